The van der Waals surface area contributed by atoms with Crippen molar-refractivity contribution in [1.82, 2.24) is 9.55 Å². The molecule has 1 aliphatic carbocycles. The summed E-state index contributed by atoms with van der Waals surface area (Å²) in [5.41, 5.74) is 3.93. The maximum Gasteiger partial charge on any atom is 0.130 e. The predicted octanol–water partition coefficient (Wildman–Crippen LogP) is 2.95. The van der Waals surface area contributed by atoms with Crippen molar-refractivity contribution in [3.63, 3.8) is 0 Å². The van der Waals surface area contributed by atoms with Crippen molar-refractivity contribution in [2.75, 3.05) is 0 Å². The van der Waals surface area contributed by atoms with Gasteiger partial charge < -0.3 is 4.57 Å². The molecule has 0 aliphatic heterocycles. The van der Waals surface area contributed by atoms with E-state index in [1.54, 1.807) is 6.20 Å². The number of fused-ring (bicyclic) bond motifs is 1. The van der Waals surface area contributed by atoms with Gasteiger partial charge in [-0.15, -0.1) is 0 Å². The van der Waals surface area contributed by atoms with Gasteiger partial charge in [0.25, 0.3) is 0 Å². The molecule has 1 aromatic carbocycles. The first-order chi connectivity index (χ1) is 9.29. The highest BCUT2D eigenvalue weighted by atomic mass is 15.0. The Morgan fingerprint density at radius 1 is 1.26 bits per heavy atom. The molecule has 2 aromatic rings. The fourth-order valence-electron chi connectivity index (χ4n) is 2.87. The van der Waals surface area contributed by atoms with E-state index in [9.17, 15) is 5.26 Å². The SMILES string of the molecule is Cn1ccnc1C(C#N)c1ccc2c(c1)CCCC2. The van der Waals surface area contributed by atoms with Crippen LogP contribution in [0.25, 0.3) is 0 Å². The van der Waals surface area contributed by atoms with Crippen molar-refractivity contribution in [3.8, 4) is 6.07 Å². The van der Waals surface area contributed by atoms with Gasteiger partial charge in [0.1, 0.15) is 11.7 Å². The van der Waals surface area contributed by atoms with Crippen molar-refractivity contribution < 1.29 is 0 Å². The first-order valence-corrected chi connectivity index (χ1v) is 6.78. The van der Waals surface area contributed by atoms with E-state index >= 15 is 0 Å². The summed E-state index contributed by atoms with van der Waals surface area (Å²) in [6.07, 6.45) is 8.50. The summed E-state index contributed by atoms with van der Waals surface area (Å²) in [6, 6.07) is 8.87. The maximum absolute atomic E-state index is 9.48. The maximum atomic E-state index is 9.48. The fraction of sp³-hybridized carbons (Fsp3) is 0.375. The van der Waals surface area contributed by atoms with Crippen LogP contribution in [0.2, 0.25) is 0 Å². The molecular weight excluding hydrogens is 234 g/mol. The van der Waals surface area contributed by atoms with E-state index in [0.29, 0.717) is 0 Å². The summed E-state index contributed by atoms with van der Waals surface area (Å²) >= 11 is 0. The van der Waals surface area contributed by atoms with Crippen LogP contribution in [0.3, 0.4) is 0 Å². The van der Waals surface area contributed by atoms with E-state index in [1.165, 1.54) is 30.4 Å². The van der Waals surface area contributed by atoms with Gasteiger partial charge in [-0.1, -0.05) is 18.2 Å². The lowest BCUT2D eigenvalue weighted by Gasteiger charge is -2.18. The second-order valence-electron chi connectivity index (χ2n) is 5.19. The molecule has 1 heterocycles. The second-order valence-corrected chi connectivity index (χ2v) is 5.19. The Morgan fingerprint density at radius 3 is 2.74 bits per heavy atom. The van der Waals surface area contributed by atoms with Gasteiger partial charge >= 0.3 is 0 Å². The number of hydrogen-bond donors (Lipinski definition) is 0. The third-order valence-electron chi connectivity index (χ3n) is 3.95. The molecule has 0 saturated carbocycles. The first-order valence-electron chi connectivity index (χ1n) is 6.78. The first kappa shape index (κ1) is 12.0. The minimum absolute atomic E-state index is 0.271. The van der Waals surface area contributed by atoms with Crippen LogP contribution >= 0.6 is 0 Å². The van der Waals surface area contributed by atoms with Crippen molar-refractivity contribution in [3.05, 3.63) is 53.1 Å². The summed E-state index contributed by atoms with van der Waals surface area (Å²) in [5, 5.41) is 9.48. The smallest absolute Gasteiger partial charge is 0.130 e. The summed E-state index contributed by atoms with van der Waals surface area (Å²) in [7, 11) is 1.94. The minimum atomic E-state index is -0.271. The standard InChI is InChI=1S/C16H17N3/c1-19-9-8-18-16(19)15(11-17)14-7-6-12-4-2-3-5-13(12)10-14/h6-10,15H,2-5H2,1H3. The summed E-state index contributed by atoms with van der Waals surface area (Å²) in [6.45, 7) is 0. The molecule has 3 heteroatoms. The molecule has 0 radical (unpaired) electrons. The fourth-order valence-corrected chi connectivity index (χ4v) is 2.87. The number of hydrogen-bond acceptors (Lipinski definition) is 2. The Hall–Kier alpha value is -2.08. The molecule has 0 N–H and O–H groups in total. The zero-order valence-electron chi connectivity index (χ0n) is 11.1. The van der Waals surface area contributed by atoms with Crippen LogP contribution < -0.4 is 0 Å². The van der Waals surface area contributed by atoms with Crippen LogP contribution in [0.15, 0.2) is 30.6 Å². The molecule has 0 amide bonds. The third kappa shape index (κ3) is 2.15. The van der Waals surface area contributed by atoms with Crippen LogP contribution in [0.5, 0.6) is 0 Å². The molecule has 0 spiro atoms. The van der Waals surface area contributed by atoms with Gasteiger partial charge in [0.05, 0.1) is 6.07 Å². The molecule has 1 aliphatic rings. The van der Waals surface area contributed by atoms with E-state index < -0.39 is 0 Å². The van der Waals surface area contributed by atoms with Gasteiger partial charge in [0.2, 0.25) is 0 Å². The lowest BCUT2D eigenvalue weighted by molar-refractivity contribution is 0.683. The molecule has 0 bridgehead atoms. The average Bonchev–Trinajstić information content (AvgIpc) is 2.86. The molecule has 1 atom stereocenters. The van der Waals surface area contributed by atoms with E-state index in [-0.39, 0.29) is 5.92 Å². The lowest BCUT2D eigenvalue weighted by Crippen LogP contribution is -2.08. The average molecular weight is 251 g/mol. The van der Waals surface area contributed by atoms with Crippen LogP contribution in [0.4, 0.5) is 0 Å². The van der Waals surface area contributed by atoms with Crippen molar-refractivity contribution >= 4 is 0 Å². The molecule has 19 heavy (non-hydrogen) atoms. The van der Waals surface area contributed by atoms with E-state index in [4.69, 9.17) is 0 Å². The van der Waals surface area contributed by atoms with Crippen molar-refractivity contribution in [2.45, 2.75) is 31.6 Å². The second kappa shape index (κ2) is 4.89. The van der Waals surface area contributed by atoms with Crippen LogP contribution in [-0.4, -0.2) is 9.55 Å². The molecule has 1 unspecified atom stereocenters. The Bertz CT molecular complexity index is 634. The minimum Gasteiger partial charge on any atom is -0.337 e. The molecule has 0 saturated heterocycles. The topological polar surface area (TPSA) is 41.6 Å². The Morgan fingerprint density at radius 2 is 2.05 bits per heavy atom. The highest BCUT2D eigenvalue weighted by Crippen LogP contribution is 2.28. The molecule has 3 rings (SSSR count). The normalized spacial score (nSPS) is 15.6. The molecule has 1 aromatic heterocycles. The molecular formula is C16H17N3. The largest absolute Gasteiger partial charge is 0.337 e. The van der Waals surface area contributed by atoms with Crippen molar-refractivity contribution in [2.24, 2.45) is 7.05 Å². The number of nitrogens with zero attached hydrogens (tertiary/aromatic N) is 3. The highest BCUT2D eigenvalue weighted by molar-refractivity contribution is 5.40. The lowest BCUT2D eigenvalue weighted by atomic mass is 9.87. The van der Waals surface area contributed by atoms with Gasteiger partial charge in [-0.3, -0.25) is 0 Å². The molecule has 0 fully saturated rings. The number of rotatable bonds is 2. The summed E-state index contributed by atoms with van der Waals surface area (Å²) in [4.78, 5) is 4.32. The zero-order chi connectivity index (χ0) is 13.2. The van der Waals surface area contributed by atoms with Crippen LogP contribution in [-0.2, 0) is 19.9 Å². The van der Waals surface area contributed by atoms with E-state index in [2.05, 4.69) is 29.3 Å². The monoisotopic (exact) mass is 251 g/mol. The quantitative estimate of drug-likeness (QED) is 0.823. The Kier molecular flexibility index (Phi) is 3.08. The number of benzene rings is 1. The van der Waals surface area contributed by atoms with Crippen LogP contribution in [0.1, 0.15) is 41.3 Å². The number of aromatic nitrogens is 2. The molecule has 96 valence electrons. The summed E-state index contributed by atoms with van der Waals surface area (Å²) < 4.78 is 1.92. The zero-order valence-corrected chi connectivity index (χ0v) is 11.1. The van der Waals surface area contributed by atoms with Gasteiger partial charge in [-0.25, -0.2) is 4.98 Å². The summed E-state index contributed by atoms with van der Waals surface area (Å²) in [5.74, 6) is 0.547. The van der Waals surface area contributed by atoms with Crippen LogP contribution in [0, 0.1) is 11.3 Å². The number of nitriles is 1. The highest BCUT2D eigenvalue weighted by Gasteiger charge is 2.19. The number of imidazole rings is 1. The Balaban J connectivity index is 2.01. The molecule has 3 nitrogen and oxygen atoms in total. The van der Waals surface area contributed by atoms with Gasteiger partial charge in [-0.2, -0.15) is 5.26 Å². The predicted molar refractivity (Wildman–Crippen MR) is 73.7 cm³/mol. The third-order valence-corrected chi connectivity index (χ3v) is 3.95. The number of aryl methyl sites for hydroxylation is 3. The van der Waals surface area contributed by atoms with E-state index in [0.717, 1.165) is 17.8 Å². The van der Waals surface area contributed by atoms with Crippen molar-refractivity contribution in [1.29, 1.82) is 5.26 Å². The van der Waals surface area contributed by atoms with E-state index in [1.807, 2.05) is 17.8 Å². The van der Waals surface area contributed by atoms with Gasteiger partial charge in [0, 0.05) is 19.4 Å². The Labute approximate surface area is 113 Å². The van der Waals surface area contributed by atoms with Gasteiger partial charge in [0.15, 0.2) is 0 Å². The van der Waals surface area contributed by atoms with Gasteiger partial charge in [-0.05, 0) is 42.4 Å².